The Morgan fingerprint density at radius 1 is 1.22 bits per heavy atom. The molecule has 0 spiro atoms. The second-order valence-electron chi connectivity index (χ2n) is 7.84. The van der Waals surface area contributed by atoms with Crippen molar-refractivity contribution in [3.63, 3.8) is 0 Å². The van der Waals surface area contributed by atoms with Crippen molar-refractivity contribution in [1.82, 2.24) is 0 Å². The molecule has 2 aliphatic rings. The molecule has 0 aromatic heterocycles. The molecule has 18 heavy (non-hydrogen) atoms. The monoisotopic (exact) mass is 252 g/mol. The van der Waals surface area contributed by atoms with Gasteiger partial charge in [-0.05, 0) is 18.4 Å². The van der Waals surface area contributed by atoms with E-state index in [1.165, 1.54) is 0 Å². The molecule has 1 aliphatic heterocycles. The lowest BCUT2D eigenvalue weighted by atomic mass is 9.62. The fraction of sp³-hybridized carbons (Fsp3) is 0.800. The van der Waals surface area contributed by atoms with Crippen LogP contribution in [0.1, 0.15) is 48.5 Å². The van der Waals surface area contributed by atoms with Crippen LogP contribution in [0.4, 0.5) is 0 Å². The molecule has 0 aromatic rings. The van der Waals surface area contributed by atoms with Gasteiger partial charge >= 0.3 is 0 Å². The molecule has 0 amide bonds. The lowest BCUT2D eigenvalue weighted by Crippen LogP contribution is -2.59. The van der Waals surface area contributed by atoms with Crippen LogP contribution < -0.4 is 0 Å². The molecule has 102 valence electrons. The van der Waals surface area contributed by atoms with E-state index >= 15 is 0 Å². The summed E-state index contributed by atoms with van der Waals surface area (Å²) in [6.07, 6.45) is 1.49. The van der Waals surface area contributed by atoms with Gasteiger partial charge in [-0.3, -0.25) is 4.79 Å². The second kappa shape index (κ2) is 3.26. The molecule has 0 aromatic carbocycles. The number of Topliss-reactive ketones (excluding diaryl/α,β-unsaturated/α-hetero) is 1. The fourth-order valence-corrected chi connectivity index (χ4v) is 2.80. The van der Waals surface area contributed by atoms with Crippen LogP contribution in [0.15, 0.2) is 11.6 Å². The van der Waals surface area contributed by atoms with Gasteiger partial charge in [0.25, 0.3) is 0 Å². The predicted octanol–water partition coefficient (Wildman–Crippen LogP) is 2.48. The normalized spacial score (nSPS) is 40.3. The van der Waals surface area contributed by atoms with Gasteiger partial charge in [-0.2, -0.15) is 0 Å². The van der Waals surface area contributed by atoms with Crippen LogP contribution in [0.2, 0.25) is 0 Å². The third kappa shape index (κ3) is 1.60. The van der Waals surface area contributed by atoms with Gasteiger partial charge in [0.1, 0.15) is 11.7 Å². The minimum atomic E-state index is -1.43. The van der Waals surface area contributed by atoms with Crippen molar-refractivity contribution >= 4 is 5.78 Å². The minimum absolute atomic E-state index is 0.178. The first-order chi connectivity index (χ1) is 7.84. The molecule has 0 saturated carbocycles. The van der Waals surface area contributed by atoms with Gasteiger partial charge in [0, 0.05) is 11.0 Å². The Balaban J connectivity index is 2.57. The van der Waals surface area contributed by atoms with E-state index in [1.807, 2.05) is 54.5 Å². The van der Waals surface area contributed by atoms with E-state index in [0.717, 1.165) is 0 Å². The fourth-order valence-electron chi connectivity index (χ4n) is 2.80. The Morgan fingerprint density at radius 3 is 2.11 bits per heavy atom. The highest BCUT2D eigenvalue weighted by Gasteiger charge is 2.72. The third-order valence-electron chi connectivity index (χ3n) is 4.19. The van der Waals surface area contributed by atoms with Gasteiger partial charge in [-0.15, -0.1) is 0 Å². The van der Waals surface area contributed by atoms with Gasteiger partial charge in [0.15, 0.2) is 11.4 Å². The topological polar surface area (TPSA) is 49.8 Å². The summed E-state index contributed by atoms with van der Waals surface area (Å²) in [6, 6.07) is 0. The first-order valence-corrected chi connectivity index (χ1v) is 6.52. The van der Waals surface area contributed by atoms with Crippen molar-refractivity contribution in [2.45, 2.75) is 65.8 Å². The molecule has 3 nitrogen and oxygen atoms in total. The summed E-state index contributed by atoms with van der Waals surface area (Å²) in [5.41, 5.74) is -2.07. The van der Waals surface area contributed by atoms with Crippen molar-refractivity contribution in [1.29, 1.82) is 0 Å². The lowest BCUT2D eigenvalue weighted by molar-refractivity contribution is -0.150. The van der Waals surface area contributed by atoms with Crippen molar-refractivity contribution in [2.24, 2.45) is 10.8 Å². The van der Waals surface area contributed by atoms with E-state index in [9.17, 15) is 9.90 Å². The summed E-state index contributed by atoms with van der Waals surface area (Å²) >= 11 is 0. The maximum Gasteiger partial charge on any atom is 0.194 e. The molecule has 2 rings (SSSR count). The number of rotatable bonds is 0. The molecular formula is C15H24O3. The van der Waals surface area contributed by atoms with Crippen LogP contribution >= 0.6 is 0 Å². The first-order valence-electron chi connectivity index (χ1n) is 6.52. The molecule has 3 heteroatoms. The maximum absolute atomic E-state index is 12.7. The Hall–Kier alpha value is -0.670. The quantitative estimate of drug-likeness (QED) is 0.674. The summed E-state index contributed by atoms with van der Waals surface area (Å²) in [5.74, 6) is -0.178. The highest BCUT2D eigenvalue weighted by Crippen LogP contribution is 2.57. The number of carbonyl (C=O) groups excluding carboxylic acids is 1. The lowest BCUT2D eigenvalue weighted by Gasteiger charge is -2.42. The number of epoxide rings is 1. The van der Waals surface area contributed by atoms with Crippen LogP contribution in [0.3, 0.4) is 0 Å². The van der Waals surface area contributed by atoms with Crippen LogP contribution in [0, 0.1) is 10.8 Å². The molecule has 1 aliphatic carbocycles. The zero-order valence-electron chi connectivity index (χ0n) is 12.4. The summed E-state index contributed by atoms with van der Waals surface area (Å²) in [4.78, 5) is 12.7. The average Bonchev–Trinajstić information content (AvgIpc) is 2.82. The Morgan fingerprint density at radius 2 is 1.72 bits per heavy atom. The maximum atomic E-state index is 12.7. The number of hydrogen-bond acceptors (Lipinski definition) is 3. The summed E-state index contributed by atoms with van der Waals surface area (Å²) in [6.45, 7) is 13.6. The van der Waals surface area contributed by atoms with E-state index in [1.54, 1.807) is 0 Å². The molecule has 0 unspecified atom stereocenters. The highest BCUT2D eigenvalue weighted by molar-refractivity contribution is 6.06. The largest absolute Gasteiger partial charge is 0.378 e. The average molecular weight is 252 g/mol. The van der Waals surface area contributed by atoms with Crippen LogP contribution in [-0.4, -0.2) is 28.2 Å². The molecule has 3 atom stereocenters. The summed E-state index contributed by atoms with van der Waals surface area (Å²) < 4.78 is 5.66. The molecular weight excluding hydrogens is 228 g/mol. The first kappa shape index (κ1) is 13.8. The number of aliphatic hydroxyl groups is 1. The number of ketones is 1. The van der Waals surface area contributed by atoms with E-state index in [0.29, 0.717) is 5.57 Å². The molecule has 1 N–H and O–H groups in total. The number of hydrogen-bond donors (Lipinski definition) is 1. The van der Waals surface area contributed by atoms with E-state index < -0.39 is 22.7 Å². The zero-order chi connectivity index (χ0) is 14.1. The molecule has 0 bridgehead atoms. The van der Waals surface area contributed by atoms with Crippen LogP contribution in [-0.2, 0) is 9.53 Å². The third-order valence-corrected chi connectivity index (χ3v) is 4.19. The molecule has 1 saturated heterocycles. The molecule has 1 heterocycles. The SMILES string of the molecule is CC(C)(C)C1=C[C@]2(C)O[C@@H]2[C@@](O)(C(C)(C)C)C1=O. The zero-order valence-corrected chi connectivity index (χ0v) is 12.4. The Labute approximate surface area is 109 Å². The van der Waals surface area contributed by atoms with Gasteiger partial charge in [0.2, 0.25) is 0 Å². The van der Waals surface area contributed by atoms with Crippen LogP contribution in [0.25, 0.3) is 0 Å². The minimum Gasteiger partial charge on any atom is -0.378 e. The van der Waals surface area contributed by atoms with E-state index in [-0.39, 0.29) is 11.2 Å². The Kier molecular flexibility index (Phi) is 2.49. The van der Waals surface area contributed by atoms with Gasteiger partial charge < -0.3 is 9.84 Å². The smallest absolute Gasteiger partial charge is 0.194 e. The predicted molar refractivity (Wildman–Crippen MR) is 70.2 cm³/mol. The van der Waals surface area contributed by atoms with Crippen molar-refractivity contribution in [3.8, 4) is 0 Å². The number of ether oxygens (including phenoxy) is 1. The molecule has 0 radical (unpaired) electrons. The summed E-state index contributed by atoms with van der Waals surface area (Å²) in [7, 11) is 0. The van der Waals surface area contributed by atoms with E-state index in [2.05, 4.69) is 0 Å². The van der Waals surface area contributed by atoms with Gasteiger partial charge in [-0.1, -0.05) is 41.5 Å². The van der Waals surface area contributed by atoms with Crippen molar-refractivity contribution in [3.05, 3.63) is 11.6 Å². The van der Waals surface area contributed by atoms with E-state index in [4.69, 9.17) is 4.74 Å². The highest BCUT2D eigenvalue weighted by atomic mass is 16.6. The second-order valence-corrected chi connectivity index (χ2v) is 7.84. The standard InChI is InChI=1S/C15H24O3/c1-12(2,3)9-8-14(7)11(18-14)15(17,10(9)16)13(4,5)6/h8,11,17H,1-7H3/t11-,14-,15+/m0/s1. The van der Waals surface area contributed by atoms with Crippen molar-refractivity contribution < 1.29 is 14.6 Å². The summed E-state index contributed by atoms with van der Waals surface area (Å²) in [5, 5.41) is 11.0. The van der Waals surface area contributed by atoms with Gasteiger partial charge in [0.05, 0.1) is 0 Å². The number of carbonyl (C=O) groups is 1. The molecule has 1 fully saturated rings. The number of fused-ring (bicyclic) bond motifs is 1. The van der Waals surface area contributed by atoms with Crippen molar-refractivity contribution in [2.75, 3.05) is 0 Å². The van der Waals surface area contributed by atoms with Crippen LogP contribution in [0.5, 0.6) is 0 Å². The van der Waals surface area contributed by atoms with Gasteiger partial charge in [-0.25, -0.2) is 0 Å². The Bertz CT molecular complexity index is 436.